The van der Waals surface area contributed by atoms with E-state index in [4.69, 9.17) is 9.47 Å². The minimum Gasteiger partial charge on any atom is -1.00 e. The molecule has 2 aromatic carbocycles. The summed E-state index contributed by atoms with van der Waals surface area (Å²) in [5, 5.41) is 0. The molecule has 22 heavy (non-hydrogen) atoms. The lowest BCUT2D eigenvalue weighted by molar-refractivity contribution is -0.457. The summed E-state index contributed by atoms with van der Waals surface area (Å²) in [6.07, 6.45) is 0.991. The molecule has 0 unspecified atom stereocenters. The molecule has 0 aliphatic carbocycles. The second-order valence-corrected chi connectivity index (χ2v) is 5.28. The molecule has 1 aliphatic heterocycles. The SMILES string of the molecule is COc1cc2c(cc1OC)C(c1ccc(C)cc1)=[NH+]CC2.[Cl-]. The fraction of sp³-hybridized carbons (Fsp3) is 0.278. The minimum atomic E-state index is 0. The van der Waals surface area contributed by atoms with Crippen LogP contribution in [0.2, 0.25) is 0 Å². The van der Waals surface area contributed by atoms with E-state index < -0.39 is 0 Å². The zero-order chi connectivity index (χ0) is 14.8. The van der Waals surface area contributed by atoms with Crippen LogP contribution in [0, 0.1) is 6.92 Å². The van der Waals surface area contributed by atoms with Gasteiger partial charge in [-0.3, -0.25) is 0 Å². The first-order valence-corrected chi connectivity index (χ1v) is 7.16. The monoisotopic (exact) mass is 317 g/mol. The topological polar surface area (TPSA) is 32.4 Å². The molecule has 0 saturated carbocycles. The maximum absolute atomic E-state index is 5.44. The van der Waals surface area contributed by atoms with Crippen molar-refractivity contribution in [3.63, 3.8) is 0 Å². The molecule has 1 N–H and O–H groups in total. The van der Waals surface area contributed by atoms with Crippen LogP contribution in [0.3, 0.4) is 0 Å². The smallest absolute Gasteiger partial charge is 0.213 e. The summed E-state index contributed by atoms with van der Waals surface area (Å²) in [5.74, 6) is 1.56. The van der Waals surface area contributed by atoms with Gasteiger partial charge in [0.1, 0.15) is 6.54 Å². The first-order chi connectivity index (χ1) is 10.2. The Labute approximate surface area is 137 Å². The summed E-state index contributed by atoms with van der Waals surface area (Å²) in [5.41, 5.74) is 6.12. The van der Waals surface area contributed by atoms with E-state index in [1.54, 1.807) is 14.2 Å². The Morgan fingerprint density at radius 1 is 0.955 bits per heavy atom. The van der Waals surface area contributed by atoms with Gasteiger partial charge in [0, 0.05) is 12.0 Å². The van der Waals surface area contributed by atoms with Crippen LogP contribution in [0.15, 0.2) is 36.4 Å². The Kier molecular flexibility index (Phi) is 5.09. The van der Waals surface area contributed by atoms with E-state index in [-0.39, 0.29) is 12.4 Å². The van der Waals surface area contributed by atoms with Crippen molar-refractivity contribution in [2.24, 2.45) is 0 Å². The second kappa shape index (κ2) is 6.84. The van der Waals surface area contributed by atoms with Gasteiger partial charge in [-0.1, -0.05) is 17.7 Å². The van der Waals surface area contributed by atoms with Gasteiger partial charge in [-0.15, -0.1) is 0 Å². The molecule has 4 heteroatoms. The summed E-state index contributed by atoms with van der Waals surface area (Å²) in [7, 11) is 3.35. The highest BCUT2D eigenvalue weighted by atomic mass is 35.5. The number of benzene rings is 2. The van der Waals surface area contributed by atoms with Crippen molar-refractivity contribution in [3.05, 3.63) is 58.7 Å². The van der Waals surface area contributed by atoms with Crippen LogP contribution in [0.4, 0.5) is 0 Å². The second-order valence-electron chi connectivity index (χ2n) is 5.28. The van der Waals surface area contributed by atoms with Crippen molar-refractivity contribution in [3.8, 4) is 11.5 Å². The zero-order valence-electron chi connectivity index (χ0n) is 13.1. The lowest BCUT2D eigenvalue weighted by Crippen LogP contribution is -3.00. The van der Waals surface area contributed by atoms with Gasteiger partial charge in [0.05, 0.1) is 19.8 Å². The highest BCUT2D eigenvalue weighted by Crippen LogP contribution is 2.32. The van der Waals surface area contributed by atoms with Gasteiger partial charge in [-0.2, -0.15) is 0 Å². The number of hydrogen-bond acceptors (Lipinski definition) is 2. The normalized spacial score (nSPS) is 12.8. The van der Waals surface area contributed by atoms with Crippen molar-refractivity contribution in [2.75, 3.05) is 20.8 Å². The quantitative estimate of drug-likeness (QED) is 0.747. The van der Waals surface area contributed by atoms with Crippen molar-refractivity contribution in [1.82, 2.24) is 0 Å². The van der Waals surface area contributed by atoms with Gasteiger partial charge in [0.2, 0.25) is 5.71 Å². The Hall–Kier alpha value is -2.00. The fourth-order valence-electron chi connectivity index (χ4n) is 2.76. The summed E-state index contributed by atoms with van der Waals surface area (Å²) in [6.45, 7) is 3.04. The van der Waals surface area contributed by atoms with Crippen LogP contribution >= 0.6 is 0 Å². The number of ether oxygens (including phenoxy) is 2. The average molecular weight is 318 g/mol. The Balaban J connectivity index is 0.00000176. The van der Waals surface area contributed by atoms with Gasteiger partial charge in [-0.05, 0) is 36.8 Å². The maximum atomic E-state index is 5.44. The maximum Gasteiger partial charge on any atom is 0.213 e. The lowest BCUT2D eigenvalue weighted by Gasteiger charge is -2.16. The predicted molar refractivity (Wildman–Crippen MR) is 83.5 cm³/mol. The van der Waals surface area contributed by atoms with Gasteiger partial charge in [0.25, 0.3) is 0 Å². The van der Waals surface area contributed by atoms with Crippen molar-refractivity contribution >= 4 is 5.71 Å². The van der Waals surface area contributed by atoms with Crippen LogP contribution in [-0.2, 0) is 6.42 Å². The van der Waals surface area contributed by atoms with Gasteiger partial charge in [0.15, 0.2) is 11.5 Å². The van der Waals surface area contributed by atoms with E-state index in [0.29, 0.717) is 0 Å². The molecule has 1 heterocycles. The molecule has 3 rings (SSSR count). The van der Waals surface area contributed by atoms with Crippen molar-refractivity contribution in [2.45, 2.75) is 13.3 Å². The van der Waals surface area contributed by atoms with E-state index in [1.165, 1.54) is 22.3 Å². The molecular formula is C18H20ClNO2. The molecule has 2 aromatic rings. The molecule has 116 valence electrons. The van der Waals surface area contributed by atoms with Gasteiger partial charge >= 0.3 is 0 Å². The molecule has 0 amide bonds. The van der Waals surface area contributed by atoms with E-state index in [9.17, 15) is 0 Å². The molecule has 0 aromatic heterocycles. The molecule has 0 saturated heterocycles. The van der Waals surface area contributed by atoms with Crippen LogP contribution in [-0.4, -0.2) is 26.5 Å². The summed E-state index contributed by atoms with van der Waals surface area (Å²) in [4.78, 5) is 3.52. The minimum absolute atomic E-state index is 0. The van der Waals surface area contributed by atoms with Gasteiger partial charge in [-0.25, -0.2) is 4.99 Å². The Morgan fingerprint density at radius 3 is 2.23 bits per heavy atom. The van der Waals surface area contributed by atoms with Crippen LogP contribution < -0.4 is 26.9 Å². The molecule has 0 bridgehead atoms. The lowest BCUT2D eigenvalue weighted by atomic mass is 9.92. The van der Waals surface area contributed by atoms with E-state index in [1.807, 2.05) is 0 Å². The predicted octanol–water partition coefficient (Wildman–Crippen LogP) is -1.51. The van der Waals surface area contributed by atoms with E-state index in [2.05, 4.69) is 48.3 Å². The number of methoxy groups -OCH3 is 2. The number of halogens is 1. The first-order valence-electron chi connectivity index (χ1n) is 7.16. The highest BCUT2D eigenvalue weighted by molar-refractivity contribution is 6.10. The van der Waals surface area contributed by atoms with Crippen LogP contribution in [0.1, 0.15) is 22.3 Å². The molecule has 0 fully saturated rings. The van der Waals surface area contributed by atoms with E-state index in [0.717, 1.165) is 30.2 Å². The third kappa shape index (κ3) is 2.95. The molecular weight excluding hydrogens is 298 g/mol. The molecule has 1 aliphatic rings. The first kappa shape index (κ1) is 16.4. The third-order valence-electron chi connectivity index (χ3n) is 3.92. The number of hydrogen-bond donors (Lipinski definition) is 1. The molecule has 3 nitrogen and oxygen atoms in total. The Bertz CT molecular complexity index is 693. The standard InChI is InChI=1S/C18H19NO2.ClH/c1-12-4-6-13(7-5-12)18-15-11-17(21-3)16(20-2)10-14(15)8-9-19-18;/h4-7,10-11H,8-9H2,1-3H3;1H. The van der Waals surface area contributed by atoms with Gasteiger partial charge < -0.3 is 21.9 Å². The summed E-state index contributed by atoms with van der Waals surface area (Å²) < 4.78 is 10.8. The van der Waals surface area contributed by atoms with Crippen molar-refractivity contribution in [1.29, 1.82) is 0 Å². The largest absolute Gasteiger partial charge is 1.00 e. The van der Waals surface area contributed by atoms with Crippen LogP contribution in [0.25, 0.3) is 0 Å². The summed E-state index contributed by atoms with van der Waals surface area (Å²) in [6, 6.07) is 12.7. The van der Waals surface area contributed by atoms with Crippen molar-refractivity contribution < 1.29 is 26.9 Å². The molecule has 0 spiro atoms. The number of rotatable bonds is 3. The fourth-order valence-corrected chi connectivity index (χ4v) is 2.76. The third-order valence-corrected chi connectivity index (χ3v) is 3.92. The number of nitrogens with one attached hydrogen (secondary N) is 1. The van der Waals surface area contributed by atoms with E-state index >= 15 is 0 Å². The van der Waals surface area contributed by atoms with Crippen LogP contribution in [0.5, 0.6) is 11.5 Å². The average Bonchev–Trinajstić information content (AvgIpc) is 2.53. The zero-order valence-corrected chi connectivity index (χ0v) is 13.8. The number of aryl methyl sites for hydroxylation is 1. The molecule has 0 radical (unpaired) electrons. The Morgan fingerprint density at radius 2 is 1.59 bits per heavy atom. The summed E-state index contributed by atoms with van der Waals surface area (Å²) >= 11 is 0. The highest BCUT2D eigenvalue weighted by Gasteiger charge is 2.24. The number of fused-ring (bicyclic) bond motifs is 1. The molecule has 0 atom stereocenters.